The van der Waals surface area contributed by atoms with Crippen molar-refractivity contribution < 1.29 is 4.42 Å². The van der Waals surface area contributed by atoms with Gasteiger partial charge in [0.2, 0.25) is 5.55 Å². The monoisotopic (exact) mass is 315 g/mol. The molecular formula is C20H17N3O. The summed E-state index contributed by atoms with van der Waals surface area (Å²) in [4.78, 5) is 4.25. The van der Waals surface area contributed by atoms with Crippen LogP contribution >= 0.6 is 0 Å². The molecule has 2 aromatic heterocycles. The maximum Gasteiger partial charge on any atom is 0.226 e. The number of nitrogens with one attached hydrogen (secondary N) is 1. The third-order valence-corrected chi connectivity index (χ3v) is 4.35. The predicted octanol–water partition coefficient (Wildman–Crippen LogP) is 3.60. The quantitative estimate of drug-likeness (QED) is 0.536. The number of nitrogens with zero attached hydrogens (tertiary/aromatic N) is 2. The molecule has 4 aromatic rings. The number of benzene rings is 2. The number of rotatable bonds is 1. The molecule has 0 saturated carbocycles. The van der Waals surface area contributed by atoms with E-state index in [1.54, 1.807) is 7.05 Å². The minimum absolute atomic E-state index is 0.390. The van der Waals surface area contributed by atoms with Crippen molar-refractivity contribution in [2.24, 2.45) is 12.0 Å². The van der Waals surface area contributed by atoms with E-state index in [2.05, 4.69) is 23.2 Å². The average Bonchev–Trinajstić information content (AvgIpc) is 2.64. The van der Waals surface area contributed by atoms with Crippen molar-refractivity contribution in [2.75, 3.05) is 7.05 Å². The Labute approximate surface area is 138 Å². The van der Waals surface area contributed by atoms with Crippen LogP contribution in [0, 0.1) is 5.41 Å². The highest BCUT2D eigenvalue weighted by Gasteiger charge is 2.12. The summed E-state index contributed by atoms with van der Waals surface area (Å²) in [5.41, 5.74) is 3.73. The van der Waals surface area contributed by atoms with Crippen LogP contribution in [-0.2, 0) is 7.05 Å². The van der Waals surface area contributed by atoms with E-state index in [0.717, 1.165) is 33.0 Å². The average molecular weight is 315 g/mol. The molecule has 0 aliphatic heterocycles. The van der Waals surface area contributed by atoms with Crippen molar-refractivity contribution in [1.82, 2.24) is 4.57 Å². The van der Waals surface area contributed by atoms with Gasteiger partial charge < -0.3 is 8.98 Å². The molecule has 0 radical (unpaired) electrons. The molecule has 0 atom stereocenters. The first-order valence-corrected chi connectivity index (χ1v) is 7.79. The van der Waals surface area contributed by atoms with Gasteiger partial charge in [-0.05, 0) is 17.7 Å². The second kappa shape index (κ2) is 5.49. The van der Waals surface area contributed by atoms with E-state index in [1.807, 2.05) is 54.1 Å². The van der Waals surface area contributed by atoms with Gasteiger partial charge >= 0.3 is 0 Å². The molecule has 1 N–H and O–H groups in total. The number of para-hydroxylation sites is 1. The minimum atomic E-state index is 0.390. The molecule has 0 fully saturated rings. The van der Waals surface area contributed by atoms with E-state index in [9.17, 15) is 0 Å². The fourth-order valence-corrected chi connectivity index (χ4v) is 3.13. The normalized spacial score (nSPS) is 12.2. The Balaban J connectivity index is 2.26. The maximum atomic E-state index is 8.64. The fraction of sp³-hybridized carbons (Fsp3) is 0.100. The Morgan fingerprint density at radius 2 is 1.67 bits per heavy atom. The van der Waals surface area contributed by atoms with Crippen LogP contribution in [0.25, 0.3) is 33.0 Å². The van der Waals surface area contributed by atoms with E-state index in [0.29, 0.717) is 11.0 Å². The van der Waals surface area contributed by atoms with Crippen LogP contribution in [-0.4, -0.2) is 11.6 Å². The topological polar surface area (TPSA) is 54.3 Å². The van der Waals surface area contributed by atoms with Crippen LogP contribution in [0.1, 0.15) is 0 Å². The lowest BCUT2D eigenvalue weighted by atomic mass is 10.0. The van der Waals surface area contributed by atoms with Crippen molar-refractivity contribution in [3.8, 4) is 11.3 Å². The molecule has 0 saturated heterocycles. The SMILES string of the molecule is CN=c1oc2ccccc2c2cc(-c3ccccc3)n(C)c(=N)c12. The highest BCUT2D eigenvalue weighted by Crippen LogP contribution is 2.25. The van der Waals surface area contributed by atoms with Crippen molar-refractivity contribution >= 4 is 21.7 Å². The maximum absolute atomic E-state index is 8.64. The van der Waals surface area contributed by atoms with Crippen molar-refractivity contribution in [2.45, 2.75) is 0 Å². The molecule has 0 spiro atoms. The molecule has 2 aromatic carbocycles. The van der Waals surface area contributed by atoms with Crippen LogP contribution < -0.4 is 11.0 Å². The molecule has 4 heteroatoms. The molecule has 0 aliphatic rings. The molecule has 0 amide bonds. The summed E-state index contributed by atoms with van der Waals surface area (Å²) in [5, 5.41) is 11.4. The Hall–Kier alpha value is -3.14. The molecule has 2 heterocycles. The second-order valence-corrected chi connectivity index (χ2v) is 5.72. The first-order valence-electron chi connectivity index (χ1n) is 7.79. The Bertz CT molecular complexity index is 1180. The van der Waals surface area contributed by atoms with Gasteiger partial charge in [-0.2, -0.15) is 0 Å². The summed E-state index contributed by atoms with van der Waals surface area (Å²) < 4.78 is 7.78. The minimum Gasteiger partial charge on any atom is -0.438 e. The third-order valence-electron chi connectivity index (χ3n) is 4.35. The number of fused-ring (bicyclic) bond motifs is 3. The number of hydrogen-bond acceptors (Lipinski definition) is 3. The fourth-order valence-electron chi connectivity index (χ4n) is 3.13. The van der Waals surface area contributed by atoms with Crippen LogP contribution in [0.5, 0.6) is 0 Å². The van der Waals surface area contributed by atoms with Crippen LogP contribution in [0.4, 0.5) is 0 Å². The predicted molar refractivity (Wildman–Crippen MR) is 95.5 cm³/mol. The summed E-state index contributed by atoms with van der Waals surface area (Å²) in [6.07, 6.45) is 0. The van der Waals surface area contributed by atoms with Crippen molar-refractivity contribution in [3.05, 3.63) is 71.7 Å². The summed E-state index contributed by atoms with van der Waals surface area (Å²) in [6.45, 7) is 0. The lowest BCUT2D eigenvalue weighted by Gasteiger charge is -2.13. The first-order chi connectivity index (χ1) is 11.7. The first kappa shape index (κ1) is 14.5. The Morgan fingerprint density at radius 1 is 0.958 bits per heavy atom. The van der Waals surface area contributed by atoms with E-state index in [-0.39, 0.29) is 0 Å². The van der Waals surface area contributed by atoms with Crippen molar-refractivity contribution in [3.63, 3.8) is 0 Å². The molecule has 24 heavy (non-hydrogen) atoms. The van der Waals surface area contributed by atoms with Gasteiger partial charge in [0, 0.05) is 30.6 Å². The van der Waals surface area contributed by atoms with E-state index >= 15 is 0 Å². The highest BCUT2D eigenvalue weighted by molar-refractivity contribution is 6.04. The van der Waals surface area contributed by atoms with E-state index in [1.165, 1.54) is 0 Å². The van der Waals surface area contributed by atoms with E-state index in [4.69, 9.17) is 9.83 Å². The van der Waals surface area contributed by atoms with E-state index < -0.39 is 0 Å². The summed E-state index contributed by atoms with van der Waals surface area (Å²) >= 11 is 0. The lowest BCUT2D eigenvalue weighted by molar-refractivity contribution is 0.548. The van der Waals surface area contributed by atoms with Gasteiger partial charge in [-0.25, -0.2) is 0 Å². The van der Waals surface area contributed by atoms with Crippen LogP contribution in [0.15, 0.2) is 70.1 Å². The summed E-state index contributed by atoms with van der Waals surface area (Å²) in [7, 11) is 3.59. The van der Waals surface area contributed by atoms with Crippen LogP contribution in [0.2, 0.25) is 0 Å². The molecule has 0 unspecified atom stereocenters. The van der Waals surface area contributed by atoms with Crippen molar-refractivity contribution in [1.29, 1.82) is 5.41 Å². The highest BCUT2D eigenvalue weighted by atomic mass is 16.3. The summed E-state index contributed by atoms with van der Waals surface area (Å²) in [5.74, 6) is 0. The summed E-state index contributed by atoms with van der Waals surface area (Å²) in [6, 6.07) is 20.1. The van der Waals surface area contributed by atoms with Gasteiger partial charge in [-0.15, -0.1) is 0 Å². The molecule has 0 aliphatic carbocycles. The smallest absolute Gasteiger partial charge is 0.226 e. The second-order valence-electron chi connectivity index (χ2n) is 5.72. The zero-order valence-electron chi connectivity index (χ0n) is 13.6. The van der Waals surface area contributed by atoms with Gasteiger partial charge in [0.1, 0.15) is 11.1 Å². The van der Waals surface area contributed by atoms with Gasteiger partial charge in [-0.1, -0.05) is 48.5 Å². The zero-order valence-corrected chi connectivity index (χ0v) is 13.6. The molecular weight excluding hydrogens is 298 g/mol. The van der Waals surface area contributed by atoms with Crippen LogP contribution in [0.3, 0.4) is 0 Å². The lowest BCUT2D eigenvalue weighted by Crippen LogP contribution is -2.24. The van der Waals surface area contributed by atoms with Gasteiger partial charge in [0.05, 0.1) is 5.39 Å². The molecule has 0 bridgehead atoms. The molecule has 118 valence electrons. The largest absolute Gasteiger partial charge is 0.438 e. The van der Waals surface area contributed by atoms with Gasteiger partial charge in [0.15, 0.2) is 0 Å². The van der Waals surface area contributed by atoms with Gasteiger partial charge in [-0.3, -0.25) is 10.4 Å². The standard InChI is InChI=1S/C20H17N3O/c1-22-20-18-15(14-10-6-7-11-17(14)24-20)12-16(23(2)19(18)21)13-8-4-3-5-9-13/h3-12,21H,1-2H3. The molecule has 4 rings (SSSR count). The Kier molecular flexibility index (Phi) is 3.31. The zero-order chi connectivity index (χ0) is 16.7. The molecule has 4 nitrogen and oxygen atoms in total. The number of pyridine rings is 1. The third kappa shape index (κ3) is 2.07. The van der Waals surface area contributed by atoms with Gasteiger partial charge in [0.25, 0.3) is 0 Å². The number of aromatic nitrogens is 1. The Morgan fingerprint density at radius 3 is 2.42 bits per heavy atom. The number of hydrogen-bond donors (Lipinski definition) is 1.